The summed E-state index contributed by atoms with van der Waals surface area (Å²) in [4.78, 5) is 2.59. The summed E-state index contributed by atoms with van der Waals surface area (Å²) in [7, 11) is 0. The van der Waals surface area contributed by atoms with Crippen molar-refractivity contribution in [2.24, 2.45) is 11.1 Å². The molecule has 0 aromatic heterocycles. The first kappa shape index (κ1) is 14.5. The summed E-state index contributed by atoms with van der Waals surface area (Å²) in [6.07, 6.45) is 7.23. The van der Waals surface area contributed by atoms with Gasteiger partial charge in [-0.15, -0.1) is 0 Å². The number of hydrogen-bond acceptors (Lipinski definition) is 3. The number of nitrogens with two attached hydrogens (primary N) is 1. The van der Waals surface area contributed by atoms with Crippen molar-refractivity contribution in [1.29, 1.82) is 5.26 Å². The summed E-state index contributed by atoms with van der Waals surface area (Å²) in [5.74, 6) is 0. The average Bonchev–Trinajstić information content (AvgIpc) is 2.31. The van der Waals surface area contributed by atoms with Gasteiger partial charge in [0, 0.05) is 6.04 Å². The zero-order chi connectivity index (χ0) is 12.7. The summed E-state index contributed by atoms with van der Waals surface area (Å²) in [5, 5.41) is 8.99. The van der Waals surface area contributed by atoms with Crippen LogP contribution in [0.15, 0.2) is 0 Å². The Morgan fingerprint density at radius 3 is 2.82 bits per heavy atom. The molecule has 98 valence electrons. The number of nitrogens with zero attached hydrogens (tertiary/aromatic N) is 2. The summed E-state index contributed by atoms with van der Waals surface area (Å²) in [5.41, 5.74) is 5.50. The molecular formula is C14H27N3. The molecule has 1 aliphatic heterocycles. The molecule has 3 heteroatoms. The number of rotatable bonds is 6. The molecule has 1 heterocycles. The Kier molecular flexibility index (Phi) is 5.94. The molecule has 0 aliphatic carbocycles. The van der Waals surface area contributed by atoms with Crippen LogP contribution in [0.25, 0.3) is 0 Å². The van der Waals surface area contributed by atoms with E-state index in [0.717, 1.165) is 32.4 Å². The van der Waals surface area contributed by atoms with Crippen LogP contribution < -0.4 is 5.73 Å². The van der Waals surface area contributed by atoms with Gasteiger partial charge in [0.1, 0.15) is 0 Å². The highest BCUT2D eigenvalue weighted by atomic mass is 15.2. The van der Waals surface area contributed by atoms with Gasteiger partial charge in [-0.05, 0) is 65.6 Å². The fraction of sp³-hybridized carbons (Fsp3) is 0.929. The van der Waals surface area contributed by atoms with Crippen molar-refractivity contribution in [3.63, 3.8) is 0 Å². The molecule has 3 nitrogen and oxygen atoms in total. The first-order valence-corrected chi connectivity index (χ1v) is 6.94. The summed E-state index contributed by atoms with van der Waals surface area (Å²) in [6, 6.07) is 3.07. The van der Waals surface area contributed by atoms with Crippen LogP contribution in [0.5, 0.6) is 0 Å². The van der Waals surface area contributed by atoms with E-state index in [-0.39, 0.29) is 5.41 Å². The van der Waals surface area contributed by atoms with Crippen molar-refractivity contribution in [3.05, 3.63) is 0 Å². The molecule has 0 bridgehead atoms. The van der Waals surface area contributed by atoms with E-state index in [0.29, 0.717) is 6.04 Å². The summed E-state index contributed by atoms with van der Waals surface area (Å²) >= 11 is 0. The Labute approximate surface area is 106 Å². The zero-order valence-electron chi connectivity index (χ0n) is 11.4. The predicted molar refractivity (Wildman–Crippen MR) is 71.5 cm³/mol. The van der Waals surface area contributed by atoms with Gasteiger partial charge in [0.05, 0.1) is 11.5 Å². The molecule has 1 fully saturated rings. The van der Waals surface area contributed by atoms with Crippen LogP contribution in [0, 0.1) is 16.7 Å². The number of piperidine rings is 1. The SMILES string of the molecule is CC(C)(C#N)CCCN1CCCCC1CCN. The van der Waals surface area contributed by atoms with Gasteiger partial charge in [-0.25, -0.2) is 0 Å². The maximum Gasteiger partial charge on any atom is 0.0683 e. The van der Waals surface area contributed by atoms with Crippen LogP contribution in [0.4, 0.5) is 0 Å². The minimum Gasteiger partial charge on any atom is -0.330 e. The molecule has 0 aromatic rings. The van der Waals surface area contributed by atoms with Crippen LogP contribution >= 0.6 is 0 Å². The van der Waals surface area contributed by atoms with Crippen molar-refractivity contribution in [2.45, 2.75) is 58.4 Å². The maximum atomic E-state index is 8.99. The number of likely N-dealkylation sites (tertiary alicyclic amines) is 1. The number of nitriles is 1. The molecule has 1 aliphatic rings. The van der Waals surface area contributed by atoms with Gasteiger partial charge in [-0.2, -0.15) is 5.26 Å². The van der Waals surface area contributed by atoms with Crippen LogP contribution in [0.2, 0.25) is 0 Å². The van der Waals surface area contributed by atoms with Gasteiger partial charge in [0.15, 0.2) is 0 Å². The van der Waals surface area contributed by atoms with E-state index in [1.807, 2.05) is 13.8 Å². The van der Waals surface area contributed by atoms with Crippen molar-refractivity contribution in [1.82, 2.24) is 4.90 Å². The Hall–Kier alpha value is -0.590. The molecule has 2 N–H and O–H groups in total. The Bertz CT molecular complexity index is 253. The molecule has 0 amide bonds. The summed E-state index contributed by atoms with van der Waals surface area (Å²) < 4.78 is 0. The second kappa shape index (κ2) is 6.98. The highest BCUT2D eigenvalue weighted by Gasteiger charge is 2.22. The molecule has 0 saturated carbocycles. The van der Waals surface area contributed by atoms with Crippen LogP contribution in [0.1, 0.15) is 52.4 Å². The highest BCUT2D eigenvalue weighted by molar-refractivity contribution is 4.91. The monoisotopic (exact) mass is 237 g/mol. The third-order valence-electron chi connectivity index (χ3n) is 3.80. The predicted octanol–water partition coefficient (Wildman–Crippen LogP) is 2.52. The van der Waals surface area contributed by atoms with Crippen molar-refractivity contribution < 1.29 is 0 Å². The molecule has 0 spiro atoms. The lowest BCUT2D eigenvalue weighted by atomic mass is 9.89. The lowest BCUT2D eigenvalue weighted by Gasteiger charge is -2.36. The molecule has 1 unspecified atom stereocenters. The quantitative estimate of drug-likeness (QED) is 0.772. The van der Waals surface area contributed by atoms with E-state index in [1.165, 1.54) is 25.8 Å². The molecule has 1 rings (SSSR count). The maximum absolute atomic E-state index is 8.99. The molecular weight excluding hydrogens is 210 g/mol. The standard InChI is InChI=1S/C14H27N3/c1-14(2,12-16)8-5-11-17-10-4-3-6-13(17)7-9-15/h13H,3-11,15H2,1-2H3. The summed E-state index contributed by atoms with van der Waals surface area (Å²) in [6.45, 7) is 7.21. The van der Waals surface area contributed by atoms with Crippen LogP contribution in [-0.4, -0.2) is 30.6 Å². The minimum absolute atomic E-state index is 0.168. The highest BCUT2D eigenvalue weighted by Crippen LogP contribution is 2.23. The second-order valence-electron chi connectivity index (χ2n) is 5.86. The van der Waals surface area contributed by atoms with E-state index >= 15 is 0 Å². The molecule has 0 radical (unpaired) electrons. The first-order valence-electron chi connectivity index (χ1n) is 6.94. The fourth-order valence-electron chi connectivity index (χ4n) is 2.65. The Balaban J connectivity index is 2.31. The van der Waals surface area contributed by atoms with E-state index in [1.54, 1.807) is 0 Å². The average molecular weight is 237 g/mol. The van der Waals surface area contributed by atoms with Crippen LogP contribution in [0.3, 0.4) is 0 Å². The fourth-order valence-corrected chi connectivity index (χ4v) is 2.65. The third-order valence-corrected chi connectivity index (χ3v) is 3.80. The Morgan fingerprint density at radius 1 is 1.41 bits per heavy atom. The topological polar surface area (TPSA) is 53.0 Å². The zero-order valence-corrected chi connectivity index (χ0v) is 11.4. The lowest BCUT2D eigenvalue weighted by molar-refractivity contribution is 0.136. The van der Waals surface area contributed by atoms with E-state index < -0.39 is 0 Å². The van der Waals surface area contributed by atoms with Crippen molar-refractivity contribution >= 4 is 0 Å². The molecule has 17 heavy (non-hydrogen) atoms. The van der Waals surface area contributed by atoms with E-state index in [9.17, 15) is 0 Å². The Morgan fingerprint density at radius 2 is 2.18 bits per heavy atom. The lowest BCUT2D eigenvalue weighted by Crippen LogP contribution is -2.41. The van der Waals surface area contributed by atoms with Gasteiger partial charge in [-0.1, -0.05) is 6.42 Å². The molecule has 1 saturated heterocycles. The van der Waals surface area contributed by atoms with Gasteiger partial charge >= 0.3 is 0 Å². The van der Waals surface area contributed by atoms with Gasteiger partial charge in [0.2, 0.25) is 0 Å². The molecule has 1 atom stereocenters. The van der Waals surface area contributed by atoms with Gasteiger partial charge in [0.25, 0.3) is 0 Å². The van der Waals surface area contributed by atoms with Crippen LogP contribution in [-0.2, 0) is 0 Å². The first-order chi connectivity index (χ1) is 8.09. The van der Waals surface area contributed by atoms with E-state index in [4.69, 9.17) is 11.0 Å². The smallest absolute Gasteiger partial charge is 0.0683 e. The largest absolute Gasteiger partial charge is 0.330 e. The van der Waals surface area contributed by atoms with E-state index in [2.05, 4.69) is 11.0 Å². The van der Waals surface area contributed by atoms with Gasteiger partial charge < -0.3 is 10.6 Å². The number of hydrogen-bond donors (Lipinski definition) is 1. The minimum atomic E-state index is -0.168. The third kappa shape index (κ3) is 5.06. The molecule has 0 aromatic carbocycles. The van der Waals surface area contributed by atoms with Crippen molar-refractivity contribution in [2.75, 3.05) is 19.6 Å². The normalized spacial score (nSPS) is 22.4. The van der Waals surface area contributed by atoms with Crippen molar-refractivity contribution in [3.8, 4) is 6.07 Å². The second-order valence-corrected chi connectivity index (χ2v) is 5.86. The van der Waals surface area contributed by atoms with Gasteiger partial charge in [-0.3, -0.25) is 0 Å².